The molecule has 50 heavy (non-hydrogen) atoms. The van der Waals surface area contributed by atoms with E-state index in [2.05, 4.69) is 139 Å². The molecule has 0 fully saturated rings. The summed E-state index contributed by atoms with van der Waals surface area (Å²) >= 11 is 0. The normalized spacial score (nSPS) is 15.1. The molecule has 0 saturated carbocycles. The summed E-state index contributed by atoms with van der Waals surface area (Å²) in [6, 6.07) is 43.2. The largest absolute Gasteiger partial charge is 0.381 e. The fourth-order valence-electron chi connectivity index (χ4n) is 9.56. The number of rotatable bonds is 2. The number of pyridine rings is 1. The van der Waals surface area contributed by atoms with Crippen LogP contribution in [-0.4, -0.2) is 11.5 Å². The molecule has 0 spiro atoms. The number of nitrogens with one attached hydrogen (secondary N) is 1. The summed E-state index contributed by atoms with van der Waals surface area (Å²) in [7, 11) is 0. The molecule has 0 amide bonds. The monoisotopic (exact) mass is 634 g/mol. The van der Waals surface area contributed by atoms with Gasteiger partial charge in [-0.3, -0.25) is 4.98 Å². The molecule has 8 aromatic rings. The molecule has 2 heteroatoms. The molecule has 12 rings (SSSR count). The van der Waals surface area contributed by atoms with E-state index in [9.17, 15) is 0 Å². The van der Waals surface area contributed by atoms with Crippen LogP contribution in [0.15, 0.2) is 134 Å². The smallest absolute Gasteiger partial charge is 0.0787 e. The summed E-state index contributed by atoms with van der Waals surface area (Å²) in [5.74, 6) is 0. The van der Waals surface area contributed by atoms with E-state index in [0.717, 1.165) is 24.9 Å². The Balaban J connectivity index is 1.08. The summed E-state index contributed by atoms with van der Waals surface area (Å²) in [5.41, 5.74) is 19.7. The zero-order valence-electron chi connectivity index (χ0n) is 27.3. The van der Waals surface area contributed by atoms with Crippen molar-refractivity contribution in [2.75, 3.05) is 11.9 Å². The Morgan fingerprint density at radius 2 is 1.28 bits per heavy atom. The van der Waals surface area contributed by atoms with Crippen LogP contribution in [0.4, 0.5) is 5.69 Å². The van der Waals surface area contributed by atoms with Gasteiger partial charge in [0.15, 0.2) is 0 Å². The van der Waals surface area contributed by atoms with E-state index in [0.29, 0.717) is 0 Å². The van der Waals surface area contributed by atoms with Crippen molar-refractivity contribution in [1.29, 1.82) is 0 Å². The highest BCUT2D eigenvalue weighted by Crippen LogP contribution is 2.52. The Labute approximate surface area is 289 Å². The second kappa shape index (κ2) is 9.68. The van der Waals surface area contributed by atoms with Crippen LogP contribution >= 0.6 is 0 Å². The van der Waals surface area contributed by atoms with Crippen LogP contribution in [0.5, 0.6) is 0 Å². The van der Waals surface area contributed by atoms with Crippen LogP contribution in [0.2, 0.25) is 0 Å². The molecule has 0 bridgehead atoms. The highest BCUT2D eigenvalue weighted by atomic mass is 14.9. The lowest BCUT2D eigenvalue weighted by Gasteiger charge is -2.23. The van der Waals surface area contributed by atoms with Gasteiger partial charge < -0.3 is 5.32 Å². The fourth-order valence-corrected chi connectivity index (χ4v) is 9.56. The van der Waals surface area contributed by atoms with Crippen molar-refractivity contribution in [2.45, 2.75) is 12.8 Å². The number of anilines is 1. The molecule has 1 aromatic heterocycles. The number of benzene rings is 7. The second-order valence-corrected chi connectivity index (χ2v) is 14.2. The molecule has 3 aliphatic carbocycles. The lowest BCUT2D eigenvalue weighted by molar-refractivity contribution is 1.08. The molecule has 0 atom stereocenters. The van der Waals surface area contributed by atoms with Crippen molar-refractivity contribution in [1.82, 2.24) is 4.98 Å². The second-order valence-electron chi connectivity index (χ2n) is 14.2. The van der Waals surface area contributed by atoms with E-state index in [1.165, 1.54) is 116 Å². The van der Waals surface area contributed by atoms with Crippen LogP contribution in [0, 0.1) is 0 Å². The summed E-state index contributed by atoms with van der Waals surface area (Å²) in [5, 5.41) is 12.9. The Morgan fingerprint density at radius 1 is 0.540 bits per heavy atom. The van der Waals surface area contributed by atoms with Gasteiger partial charge in [0.05, 0.1) is 11.2 Å². The van der Waals surface area contributed by atoms with Crippen LogP contribution in [0.3, 0.4) is 0 Å². The van der Waals surface area contributed by atoms with Gasteiger partial charge in [-0.15, -0.1) is 0 Å². The molecule has 1 N–H and O–H groups in total. The first kappa shape index (κ1) is 26.7. The van der Waals surface area contributed by atoms with Crippen molar-refractivity contribution >= 4 is 71.7 Å². The molecule has 0 saturated heterocycles. The van der Waals surface area contributed by atoms with Gasteiger partial charge in [0.2, 0.25) is 0 Å². The lowest BCUT2D eigenvalue weighted by Crippen LogP contribution is -2.07. The molecule has 232 valence electrons. The molecule has 0 radical (unpaired) electrons. The minimum Gasteiger partial charge on any atom is -0.381 e. The van der Waals surface area contributed by atoms with E-state index in [4.69, 9.17) is 4.98 Å². The van der Waals surface area contributed by atoms with Crippen molar-refractivity contribution < 1.29 is 0 Å². The molecule has 2 heterocycles. The minimum atomic E-state index is 0.809. The SMILES string of the molecule is C1=Cc2c(-c3ccc4c(c3)-c3cccc5cccc-4c35)cc3c(cc(C4=CC5=C(CC4)c4cccc6cccc5c46)c4cccnc43)c2NC1. The number of aromatic nitrogens is 1. The fraction of sp³-hybridized carbons (Fsp3) is 0.0625. The number of nitrogens with zero attached hydrogens (tertiary/aromatic N) is 1. The van der Waals surface area contributed by atoms with Gasteiger partial charge in [0.1, 0.15) is 0 Å². The molecule has 4 aliphatic rings. The maximum absolute atomic E-state index is 5.10. The van der Waals surface area contributed by atoms with Gasteiger partial charge in [-0.05, 0) is 125 Å². The van der Waals surface area contributed by atoms with E-state index in [1.54, 1.807) is 0 Å². The lowest BCUT2D eigenvalue weighted by atomic mass is 9.84. The maximum atomic E-state index is 5.10. The molecule has 0 unspecified atom stereocenters. The van der Waals surface area contributed by atoms with Crippen LogP contribution < -0.4 is 5.32 Å². The number of hydrogen-bond donors (Lipinski definition) is 1. The first-order valence-corrected chi connectivity index (χ1v) is 17.7. The number of fused-ring (bicyclic) bond motifs is 10. The maximum Gasteiger partial charge on any atom is 0.0787 e. The molecule has 1 aliphatic heterocycles. The van der Waals surface area contributed by atoms with E-state index in [1.807, 2.05) is 6.20 Å². The third-order valence-electron chi connectivity index (χ3n) is 11.7. The van der Waals surface area contributed by atoms with Crippen molar-refractivity contribution in [2.24, 2.45) is 0 Å². The van der Waals surface area contributed by atoms with Crippen LogP contribution in [0.25, 0.3) is 99.4 Å². The van der Waals surface area contributed by atoms with Gasteiger partial charge in [-0.2, -0.15) is 0 Å². The van der Waals surface area contributed by atoms with E-state index >= 15 is 0 Å². The molecular weight excluding hydrogens is 605 g/mol. The molecular formula is C48H30N2. The van der Waals surface area contributed by atoms with E-state index in [-0.39, 0.29) is 0 Å². The average molecular weight is 635 g/mol. The van der Waals surface area contributed by atoms with Gasteiger partial charge >= 0.3 is 0 Å². The summed E-state index contributed by atoms with van der Waals surface area (Å²) in [4.78, 5) is 5.10. The van der Waals surface area contributed by atoms with Gasteiger partial charge in [-0.1, -0.05) is 109 Å². The van der Waals surface area contributed by atoms with Crippen LogP contribution in [0.1, 0.15) is 35.1 Å². The minimum absolute atomic E-state index is 0.809. The highest BCUT2D eigenvalue weighted by molar-refractivity contribution is 6.21. The van der Waals surface area contributed by atoms with Crippen molar-refractivity contribution in [3.63, 3.8) is 0 Å². The quantitative estimate of drug-likeness (QED) is 0.191. The Bertz CT molecular complexity index is 2960. The average Bonchev–Trinajstić information content (AvgIpc) is 3.68. The van der Waals surface area contributed by atoms with Gasteiger partial charge in [0.25, 0.3) is 0 Å². The predicted octanol–water partition coefficient (Wildman–Crippen LogP) is 12.5. The first-order chi connectivity index (χ1) is 24.8. The van der Waals surface area contributed by atoms with E-state index < -0.39 is 0 Å². The zero-order chi connectivity index (χ0) is 32.5. The highest BCUT2D eigenvalue weighted by Gasteiger charge is 2.28. The standard InChI is InChI=1S/C48H30N2/c1-7-27-9-3-13-35-41-23-29(17-19-31(41)33(11-1)45(27)35)39-25-43-44(47-37(39)15-5-21-49-47)26-40(38-16-6-22-50-48(38)43)30-18-20-32-34-12-2-8-28-10-4-14-36(46(28)34)42(32)24-30/h1-17,19,22-26,49H,18,20-21H2. The first-order valence-electron chi connectivity index (χ1n) is 17.7. The van der Waals surface area contributed by atoms with Gasteiger partial charge in [-0.25, -0.2) is 0 Å². The molecule has 2 nitrogen and oxygen atoms in total. The number of allylic oxidation sites excluding steroid dienone is 4. The van der Waals surface area contributed by atoms with Gasteiger partial charge in [0, 0.05) is 34.5 Å². The number of hydrogen-bond acceptors (Lipinski definition) is 2. The third-order valence-corrected chi connectivity index (χ3v) is 11.7. The Morgan fingerprint density at radius 3 is 2.12 bits per heavy atom. The Kier molecular flexibility index (Phi) is 5.16. The molecule has 7 aromatic carbocycles. The van der Waals surface area contributed by atoms with Crippen LogP contribution in [-0.2, 0) is 0 Å². The van der Waals surface area contributed by atoms with Crippen molar-refractivity contribution in [3.8, 4) is 33.4 Å². The van der Waals surface area contributed by atoms with Crippen molar-refractivity contribution in [3.05, 3.63) is 156 Å². The topological polar surface area (TPSA) is 24.9 Å². The zero-order valence-corrected chi connectivity index (χ0v) is 27.3. The Hall–Kier alpha value is -6.25. The third kappa shape index (κ3) is 3.45. The summed E-state index contributed by atoms with van der Waals surface area (Å²) < 4.78 is 0. The summed E-state index contributed by atoms with van der Waals surface area (Å²) in [6.45, 7) is 0.809. The predicted molar refractivity (Wildman–Crippen MR) is 212 cm³/mol. The summed E-state index contributed by atoms with van der Waals surface area (Å²) in [6.07, 6.45) is 11.1.